The van der Waals surface area contributed by atoms with Gasteiger partial charge in [0, 0.05) is 19.3 Å². The maximum Gasteiger partial charge on any atom is 0.253 e. The number of amides is 2. The van der Waals surface area contributed by atoms with E-state index in [4.69, 9.17) is 9.47 Å². The molecule has 2 amide bonds. The van der Waals surface area contributed by atoms with E-state index in [1.54, 1.807) is 7.11 Å². The number of nitrogens with zero attached hydrogens (tertiary/aromatic N) is 1. The predicted molar refractivity (Wildman–Crippen MR) is 53.6 cm³/mol. The van der Waals surface area contributed by atoms with Crippen LogP contribution < -0.4 is 6.15 Å². The van der Waals surface area contributed by atoms with Crippen molar-refractivity contribution in [3.05, 3.63) is 12.2 Å². The van der Waals surface area contributed by atoms with Crippen LogP contribution in [0.1, 0.15) is 0 Å². The molecule has 0 spiro atoms. The van der Waals surface area contributed by atoms with Gasteiger partial charge in [-0.25, -0.2) is 0 Å². The molecule has 86 valence electrons. The van der Waals surface area contributed by atoms with Crippen LogP contribution >= 0.6 is 0 Å². The molecule has 15 heavy (non-hydrogen) atoms. The summed E-state index contributed by atoms with van der Waals surface area (Å²) in [6.07, 6.45) is 2.52. The number of imide groups is 1. The number of carbonyl (C=O) groups is 2. The van der Waals surface area contributed by atoms with E-state index in [1.807, 2.05) is 0 Å². The molecular formula is C9H16N2O4. The average molecular weight is 216 g/mol. The van der Waals surface area contributed by atoms with Gasteiger partial charge in [-0.3, -0.25) is 14.5 Å². The summed E-state index contributed by atoms with van der Waals surface area (Å²) < 4.78 is 9.91. The highest BCUT2D eigenvalue weighted by Crippen LogP contribution is 2.02. The Labute approximate surface area is 88.4 Å². The van der Waals surface area contributed by atoms with E-state index in [-0.39, 0.29) is 18.0 Å². The van der Waals surface area contributed by atoms with Gasteiger partial charge in [0.2, 0.25) is 0 Å². The summed E-state index contributed by atoms with van der Waals surface area (Å²) in [7, 11) is 1.58. The Morgan fingerprint density at radius 3 is 2.27 bits per heavy atom. The van der Waals surface area contributed by atoms with Crippen LogP contribution in [0.15, 0.2) is 12.2 Å². The van der Waals surface area contributed by atoms with E-state index in [2.05, 4.69) is 0 Å². The lowest BCUT2D eigenvalue weighted by molar-refractivity contribution is -0.137. The standard InChI is InChI=1S/C9H13NO4.H3N/c1-13-6-7-14-5-4-10-8(11)2-3-9(10)12;/h2-3H,4-7H2,1H3;1H3. The molecule has 1 aliphatic heterocycles. The molecule has 0 fully saturated rings. The lowest BCUT2D eigenvalue weighted by Crippen LogP contribution is -2.33. The fourth-order valence-corrected chi connectivity index (χ4v) is 1.05. The minimum atomic E-state index is -0.273. The molecule has 0 atom stereocenters. The van der Waals surface area contributed by atoms with Gasteiger partial charge >= 0.3 is 0 Å². The normalized spacial score (nSPS) is 14.6. The Hall–Kier alpha value is -1.24. The number of methoxy groups -OCH3 is 1. The summed E-state index contributed by atoms with van der Waals surface area (Å²) >= 11 is 0. The monoisotopic (exact) mass is 216 g/mol. The third kappa shape index (κ3) is 4.20. The van der Waals surface area contributed by atoms with Crippen molar-refractivity contribution < 1.29 is 19.1 Å². The molecule has 0 unspecified atom stereocenters. The van der Waals surface area contributed by atoms with Crippen LogP contribution in [0.3, 0.4) is 0 Å². The van der Waals surface area contributed by atoms with Crippen LogP contribution in [-0.2, 0) is 19.1 Å². The molecule has 0 aliphatic carbocycles. The van der Waals surface area contributed by atoms with Gasteiger partial charge < -0.3 is 15.6 Å². The van der Waals surface area contributed by atoms with E-state index < -0.39 is 0 Å². The summed E-state index contributed by atoms with van der Waals surface area (Å²) in [6.45, 7) is 1.64. The molecule has 0 aromatic carbocycles. The van der Waals surface area contributed by atoms with Gasteiger partial charge in [0.05, 0.1) is 26.4 Å². The number of rotatable bonds is 6. The highest BCUT2D eigenvalue weighted by atomic mass is 16.5. The number of hydrogen-bond donors (Lipinski definition) is 1. The van der Waals surface area contributed by atoms with Crippen LogP contribution in [0.4, 0.5) is 0 Å². The molecule has 6 nitrogen and oxygen atoms in total. The topological polar surface area (TPSA) is 90.8 Å². The summed E-state index contributed by atoms with van der Waals surface area (Å²) in [5.41, 5.74) is 0. The smallest absolute Gasteiger partial charge is 0.253 e. The summed E-state index contributed by atoms with van der Waals surface area (Å²) in [6, 6.07) is 0. The quantitative estimate of drug-likeness (QED) is 0.487. The van der Waals surface area contributed by atoms with Gasteiger partial charge in [-0.15, -0.1) is 0 Å². The molecule has 1 heterocycles. The van der Waals surface area contributed by atoms with Gasteiger partial charge in [0.15, 0.2) is 0 Å². The second-order valence-corrected chi connectivity index (χ2v) is 2.77. The van der Waals surface area contributed by atoms with E-state index in [9.17, 15) is 9.59 Å². The predicted octanol–water partition coefficient (Wildman–Crippen LogP) is -0.264. The van der Waals surface area contributed by atoms with Crippen molar-refractivity contribution in [2.45, 2.75) is 0 Å². The Morgan fingerprint density at radius 1 is 1.13 bits per heavy atom. The maximum absolute atomic E-state index is 11.0. The Balaban J connectivity index is 0.00000196. The van der Waals surface area contributed by atoms with Crippen molar-refractivity contribution >= 4 is 11.8 Å². The largest absolute Gasteiger partial charge is 0.382 e. The second kappa shape index (κ2) is 7.10. The maximum atomic E-state index is 11.0. The highest BCUT2D eigenvalue weighted by Gasteiger charge is 2.22. The number of hydrogen-bond acceptors (Lipinski definition) is 5. The summed E-state index contributed by atoms with van der Waals surface area (Å²) in [4.78, 5) is 23.2. The van der Waals surface area contributed by atoms with Crippen molar-refractivity contribution in [2.75, 3.05) is 33.5 Å². The highest BCUT2D eigenvalue weighted by molar-refractivity contribution is 6.12. The first-order chi connectivity index (χ1) is 6.75. The molecular weight excluding hydrogens is 200 g/mol. The van der Waals surface area contributed by atoms with Gasteiger partial charge in [-0.2, -0.15) is 0 Å². The van der Waals surface area contributed by atoms with Crippen LogP contribution in [0.25, 0.3) is 0 Å². The van der Waals surface area contributed by atoms with Crippen molar-refractivity contribution in [3.63, 3.8) is 0 Å². The summed E-state index contributed by atoms with van der Waals surface area (Å²) in [5, 5.41) is 0. The first kappa shape index (κ1) is 13.8. The van der Waals surface area contributed by atoms with Gasteiger partial charge in [-0.05, 0) is 0 Å². The minimum absolute atomic E-state index is 0. The molecule has 6 heteroatoms. The molecule has 0 radical (unpaired) electrons. The molecule has 0 aromatic rings. The molecule has 0 saturated heterocycles. The zero-order valence-electron chi connectivity index (χ0n) is 8.77. The average Bonchev–Trinajstić information content (AvgIpc) is 2.48. The lowest BCUT2D eigenvalue weighted by atomic mass is 10.5. The fraction of sp³-hybridized carbons (Fsp3) is 0.556. The zero-order valence-corrected chi connectivity index (χ0v) is 8.77. The third-order valence-corrected chi connectivity index (χ3v) is 1.79. The van der Waals surface area contributed by atoms with Crippen molar-refractivity contribution in [3.8, 4) is 0 Å². The Morgan fingerprint density at radius 2 is 1.73 bits per heavy atom. The van der Waals surface area contributed by atoms with E-state index >= 15 is 0 Å². The molecule has 0 bridgehead atoms. The molecule has 3 N–H and O–H groups in total. The molecule has 0 aromatic heterocycles. The van der Waals surface area contributed by atoms with E-state index in [1.165, 1.54) is 12.2 Å². The van der Waals surface area contributed by atoms with Gasteiger partial charge in [0.1, 0.15) is 0 Å². The van der Waals surface area contributed by atoms with Crippen LogP contribution in [0.5, 0.6) is 0 Å². The van der Waals surface area contributed by atoms with Crippen molar-refractivity contribution in [1.29, 1.82) is 0 Å². The fourth-order valence-electron chi connectivity index (χ4n) is 1.05. The number of carbonyl (C=O) groups excluding carboxylic acids is 2. The van der Waals surface area contributed by atoms with Crippen LogP contribution in [-0.4, -0.2) is 50.2 Å². The SMILES string of the molecule is COCCOCCN1C(=O)C=CC1=O.N. The first-order valence-corrected chi connectivity index (χ1v) is 4.36. The zero-order chi connectivity index (χ0) is 10.4. The minimum Gasteiger partial charge on any atom is -0.382 e. The van der Waals surface area contributed by atoms with Crippen LogP contribution in [0.2, 0.25) is 0 Å². The van der Waals surface area contributed by atoms with E-state index in [0.717, 1.165) is 4.90 Å². The lowest BCUT2D eigenvalue weighted by Gasteiger charge is -2.13. The molecule has 1 aliphatic rings. The Bertz CT molecular complexity index is 234. The van der Waals surface area contributed by atoms with Crippen molar-refractivity contribution in [2.24, 2.45) is 0 Å². The number of ether oxygens (including phenoxy) is 2. The van der Waals surface area contributed by atoms with Crippen molar-refractivity contribution in [1.82, 2.24) is 11.1 Å². The molecule has 0 saturated carbocycles. The third-order valence-electron chi connectivity index (χ3n) is 1.79. The molecule has 1 rings (SSSR count). The van der Waals surface area contributed by atoms with E-state index in [0.29, 0.717) is 26.4 Å². The van der Waals surface area contributed by atoms with Crippen LogP contribution in [0, 0.1) is 0 Å². The second-order valence-electron chi connectivity index (χ2n) is 2.77. The first-order valence-electron chi connectivity index (χ1n) is 4.36. The van der Waals surface area contributed by atoms with Gasteiger partial charge in [-0.1, -0.05) is 0 Å². The van der Waals surface area contributed by atoms with Gasteiger partial charge in [0.25, 0.3) is 11.8 Å². The summed E-state index contributed by atoms with van der Waals surface area (Å²) in [5.74, 6) is -0.546. The Kier molecular flexibility index (Phi) is 6.52.